The van der Waals surface area contributed by atoms with E-state index in [-0.39, 0.29) is 5.91 Å². The Hall–Kier alpha value is -1.76. The van der Waals surface area contributed by atoms with Crippen LogP contribution in [0.1, 0.15) is 11.6 Å². The molecule has 1 aromatic rings. The molecule has 3 amide bonds. The van der Waals surface area contributed by atoms with Crippen molar-refractivity contribution in [3.8, 4) is 0 Å². The Kier molecular flexibility index (Phi) is 4.99. The highest BCUT2D eigenvalue weighted by atomic mass is 35.5. The van der Waals surface area contributed by atoms with Crippen molar-refractivity contribution in [3.63, 3.8) is 0 Å². The number of urea groups is 1. The number of halogens is 2. The minimum Gasteiger partial charge on any atom is -0.378 e. The summed E-state index contributed by atoms with van der Waals surface area (Å²) in [7, 11) is 0. The maximum atomic E-state index is 13.0. The molecule has 0 saturated carbocycles. The smallest absolute Gasteiger partial charge is 0.319 e. The third-order valence-corrected chi connectivity index (χ3v) is 4.90. The molecule has 2 heterocycles. The fraction of sp³-hybridized carbons (Fsp3) is 0.375. The SMILES string of the molecule is C=C1NC(=O)N[C@@H](c2ccc(Cl)c(Cl)c2)[C@@H]1C(=O)N1CCOCC1. The number of benzene rings is 1. The largest absolute Gasteiger partial charge is 0.378 e. The number of amides is 3. The summed E-state index contributed by atoms with van der Waals surface area (Å²) >= 11 is 12.0. The van der Waals surface area contributed by atoms with Gasteiger partial charge in [-0.15, -0.1) is 0 Å². The molecule has 8 heteroatoms. The molecule has 2 fully saturated rings. The fourth-order valence-corrected chi connectivity index (χ4v) is 3.25. The van der Waals surface area contributed by atoms with Gasteiger partial charge in [-0.05, 0) is 17.7 Å². The van der Waals surface area contributed by atoms with Crippen molar-refractivity contribution in [1.29, 1.82) is 0 Å². The van der Waals surface area contributed by atoms with E-state index in [1.807, 2.05) is 0 Å². The average Bonchev–Trinajstić information content (AvgIpc) is 2.57. The quantitative estimate of drug-likeness (QED) is 0.840. The van der Waals surface area contributed by atoms with Crippen LogP contribution in [0.15, 0.2) is 30.5 Å². The molecule has 0 bridgehead atoms. The van der Waals surface area contributed by atoms with Gasteiger partial charge in [-0.1, -0.05) is 35.8 Å². The molecule has 2 saturated heterocycles. The number of carbonyl (C=O) groups excluding carboxylic acids is 2. The van der Waals surface area contributed by atoms with Crippen molar-refractivity contribution >= 4 is 35.1 Å². The predicted octanol–water partition coefficient (Wildman–Crippen LogP) is 2.34. The lowest BCUT2D eigenvalue weighted by Crippen LogP contribution is -2.55. The van der Waals surface area contributed by atoms with Crippen LogP contribution in [0.3, 0.4) is 0 Å². The summed E-state index contributed by atoms with van der Waals surface area (Å²) in [6, 6.07) is 4.09. The molecule has 24 heavy (non-hydrogen) atoms. The normalized spacial score (nSPS) is 24.3. The molecule has 2 atom stereocenters. The molecule has 0 radical (unpaired) electrons. The maximum Gasteiger partial charge on any atom is 0.319 e. The topological polar surface area (TPSA) is 70.7 Å². The molecule has 128 valence electrons. The minimum absolute atomic E-state index is 0.105. The van der Waals surface area contributed by atoms with Crippen LogP contribution in [0.4, 0.5) is 4.79 Å². The van der Waals surface area contributed by atoms with Crippen LogP contribution < -0.4 is 10.6 Å². The first kappa shape index (κ1) is 17.1. The molecule has 0 spiro atoms. The van der Waals surface area contributed by atoms with Gasteiger partial charge in [-0.3, -0.25) is 4.79 Å². The Morgan fingerprint density at radius 2 is 1.96 bits per heavy atom. The zero-order valence-electron chi connectivity index (χ0n) is 12.9. The van der Waals surface area contributed by atoms with Crippen molar-refractivity contribution in [2.75, 3.05) is 26.3 Å². The van der Waals surface area contributed by atoms with Gasteiger partial charge in [0, 0.05) is 18.8 Å². The lowest BCUT2D eigenvalue weighted by atomic mass is 9.87. The monoisotopic (exact) mass is 369 g/mol. The highest BCUT2D eigenvalue weighted by Gasteiger charge is 2.40. The molecule has 2 aliphatic rings. The van der Waals surface area contributed by atoms with Gasteiger partial charge in [0.15, 0.2) is 0 Å². The lowest BCUT2D eigenvalue weighted by molar-refractivity contribution is -0.139. The van der Waals surface area contributed by atoms with Gasteiger partial charge in [-0.25, -0.2) is 4.79 Å². The van der Waals surface area contributed by atoms with Gasteiger partial charge in [0.2, 0.25) is 5.91 Å². The third kappa shape index (κ3) is 3.36. The summed E-state index contributed by atoms with van der Waals surface area (Å²) in [5.41, 5.74) is 1.07. The summed E-state index contributed by atoms with van der Waals surface area (Å²) in [4.78, 5) is 26.6. The summed E-state index contributed by atoms with van der Waals surface area (Å²) in [6.45, 7) is 5.91. The number of morpholine rings is 1. The Balaban J connectivity index is 1.92. The van der Waals surface area contributed by atoms with E-state index in [4.69, 9.17) is 27.9 Å². The van der Waals surface area contributed by atoms with Gasteiger partial charge in [0.05, 0.1) is 29.3 Å². The first-order chi connectivity index (χ1) is 11.5. The molecule has 3 rings (SSSR count). The van der Waals surface area contributed by atoms with Crippen LogP contribution in [0, 0.1) is 5.92 Å². The predicted molar refractivity (Wildman–Crippen MR) is 90.9 cm³/mol. The molecule has 0 aliphatic carbocycles. The number of rotatable bonds is 2. The van der Waals surface area contributed by atoms with Crippen molar-refractivity contribution < 1.29 is 14.3 Å². The van der Waals surface area contributed by atoms with Crippen molar-refractivity contribution in [3.05, 3.63) is 46.1 Å². The summed E-state index contributed by atoms with van der Waals surface area (Å²) in [5.74, 6) is -0.732. The number of hydrogen-bond acceptors (Lipinski definition) is 3. The standard InChI is InChI=1S/C16H17Cl2N3O3/c1-9-13(15(22)21-4-6-24-7-5-21)14(20-16(23)19-9)10-2-3-11(17)12(18)8-10/h2-3,8,13-14H,1,4-7H2,(H2,19,20,23)/t13-,14+/m1/s1. The number of nitrogens with zero attached hydrogens (tertiary/aromatic N) is 1. The molecular weight excluding hydrogens is 353 g/mol. The van der Waals surface area contributed by atoms with E-state index in [0.29, 0.717) is 47.6 Å². The molecule has 2 N–H and O–H groups in total. The van der Waals surface area contributed by atoms with Crippen LogP contribution >= 0.6 is 23.2 Å². The lowest BCUT2D eigenvalue weighted by Gasteiger charge is -2.38. The number of ether oxygens (including phenoxy) is 1. The highest BCUT2D eigenvalue weighted by Crippen LogP contribution is 2.34. The van der Waals surface area contributed by atoms with Gasteiger partial charge in [0.1, 0.15) is 5.92 Å². The summed E-state index contributed by atoms with van der Waals surface area (Å²) in [6.07, 6.45) is 0. The van der Waals surface area contributed by atoms with E-state index in [1.54, 1.807) is 23.1 Å². The van der Waals surface area contributed by atoms with Gasteiger partial charge in [0.25, 0.3) is 0 Å². The Labute approximate surface area is 149 Å². The van der Waals surface area contributed by atoms with E-state index in [2.05, 4.69) is 17.2 Å². The Morgan fingerprint density at radius 1 is 1.25 bits per heavy atom. The number of nitrogens with one attached hydrogen (secondary N) is 2. The van der Waals surface area contributed by atoms with Gasteiger partial charge >= 0.3 is 6.03 Å². The van der Waals surface area contributed by atoms with Crippen LogP contribution in [-0.4, -0.2) is 43.1 Å². The third-order valence-electron chi connectivity index (χ3n) is 4.16. The Morgan fingerprint density at radius 3 is 2.62 bits per heavy atom. The molecular formula is C16H17Cl2N3O3. The van der Waals surface area contributed by atoms with Gasteiger partial charge < -0.3 is 20.3 Å². The first-order valence-corrected chi connectivity index (χ1v) is 8.31. The number of carbonyl (C=O) groups is 2. The zero-order valence-corrected chi connectivity index (χ0v) is 14.4. The van der Waals surface area contributed by atoms with E-state index in [0.717, 1.165) is 0 Å². The second kappa shape index (κ2) is 7.01. The van der Waals surface area contributed by atoms with Gasteiger partial charge in [-0.2, -0.15) is 0 Å². The minimum atomic E-state index is -0.627. The van der Waals surface area contributed by atoms with Crippen molar-refractivity contribution in [1.82, 2.24) is 15.5 Å². The van der Waals surface area contributed by atoms with Crippen LogP contribution in [0.25, 0.3) is 0 Å². The summed E-state index contributed by atoms with van der Waals surface area (Å²) < 4.78 is 5.29. The maximum absolute atomic E-state index is 13.0. The van der Waals surface area contributed by atoms with Crippen molar-refractivity contribution in [2.45, 2.75) is 6.04 Å². The second-order valence-corrected chi connectivity index (χ2v) is 6.50. The first-order valence-electron chi connectivity index (χ1n) is 7.55. The van der Waals surface area contributed by atoms with E-state index < -0.39 is 18.0 Å². The molecule has 0 aromatic heterocycles. The average molecular weight is 370 g/mol. The Bertz CT molecular complexity index is 689. The van der Waals surface area contributed by atoms with E-state index >= 15 is 0 Å². The van der Waals surface area contributed by atoms with Crippen LogP contribution in [0.2, 0.25) is 10.0 Å². The van der Waals surface area contributed by atoms with Crippen molar-refractivity contribution in [2.24, 2.45) is 5.92 Å². The number of hydrogen-bond donors (Lipinski definition) is 2. The summed E-state index contributed by atoms with van der Waals surface area (Å²) in [5, 5.41) is 6.16. The van der Waals surface area contributed by atoms with Crippen LogP contribution in [0.5, 0.6) is 0 Å². The molecule has 1 aromatic carbocycles. The highest BCUT2D eigenvalue weighted by molar-refractivity contribution is 6.42. The van der Waals surface area contributed by atoms with E-state index in [9.17, 15) is 9.59 Å². The second-order valence-electron chi connectivity index (χ2n) is 5.69. The van der Waals surface area contributed by atoms with E-state index in [1.165, 1.54) is 0 Å². The zero-order chi connectivity index (χ0) is 17.3. The molecule has 0 unspecified atom stereocenters. The molecule has 2 aliphatic heterocycles. The van der Waals surface area contributed by atoms with Crippen LogP contribution in [-0.2, 0) is 9.53 Å². The fourth-order valence-electron chi connectivity index (χ4n) is 2.94. The molecule has 6 nitrogen and oxygen atoms in total.